The molecule has 1 saturated carbocycles. The van der Waals surface area contributed by atoms with Crippen molar-refractivity contribution in [2.75, 3.05) is 0 Å². The maximum atomic E-state index is 13.5. The van der Waals surface area contributed by atoms with Crippen molar-refractivity contribution < 1.29 is 35.5 Å². The van der Waals surface area contributed by atoms with Gasteiger partial charge in [0, 0.05) is 24.9 Å². The van der Waals surface area contributed by atoms with E-state index in [1.54, 1.807) is 30.9 Å². The molecule has 1 aliphatic rings. The predicted octanol–water partition coefficient (Wildman–Crippen LogP) is 7.40. The summed E-state index contributed by atoms with van der Waals surface area (Å²) in [4.78, 5) is 4.04. The predicted molar refractivity (Wildman–Crippen MR) is 114 cm³/mol. The average molecular weight is 500 g/mol. The number of alkyl halides is 6. The molecule has 2 aromatic carbocycles. The Bertz CT molecular complexity index is 1090. The molecule has 188 valence electrons. The fraction of sp³-hybridized carbons (Fsp3) is 0.400. The van der Waals surface area contributed by atoms with Gasteiger partial charge in [-0.25, -0.2) is 9.37 Å². The topological polar surface area (TPSA) is 27.1 Å². The van der Waals surface area contributed by atoms with Crippen LogP contribution in [0.15, 0.2) is 61.2 Å². The van der Waals surface area contributed by atoms with Crippen LogP contribution in [0.1, 0.15) is 54.0 Å². The van der Waals surface area contributed by atoms with Crippen molar-refractivity contribution >= 4 is 0 Å². The molecule has 0 bridgehead atoms. The Morgan fingerprint density at radius 1 is 0.971 bits per heavy atom. The number of rotatable bonds is 6. The third-order valence-corrected chi connectivity index (χ3v) is 6.45. The van der Waals surface area contributed by atoms with Crippen LogP contribution < -0.4 is 0 Å². The first-order valence-corrected chi connectivity index (χ1v) is 11.1. The minimum Gasteiger partial charge on any atom is -0.370 e. The Morgan fingerprint density at radius 3 is 2.14 bits per heavy atom. The fourth-order valence-corrected chi connectivity index (χ4v) is 4.79. The van der Waals surface area contributed by atoms with Gasteiger partial charge in [0.1, 0.15) is 5.82 Å². The van der Waals surface area contributed by atoms with E-state index in [2.05, 4.69) is 4.98 Å². The summed E-state index contributed by atoms with van der Waals surface area (Å²) in [7, 11) is 0. The van der Waals surface area contributed by atoms with Crippen molar-refractivity contribution in [2.24, 2.45) is 5.92 Å². The number of hydrogen-bond donors (Lipinski definition) is 0. The fourth-order valence-electron chi connectivity index (χ4n) is 4.79. The molecule has 1 aromatic heterocycles. The van der Waals surface area contributed by atoms with Crippen LogP contribution in [0.3, 0.4) is 0 Å². The van der Waals surface area contributed by atoms with Crippen molar-refractivity contribution in [1.29, 1.82) is 0 Å². The second-order valence-corrected chi connectivity index (χ2v) is 8.83. The molecule has 3 unspecified atom stereocenters. The molecule has 0 saturated heterocycles. The third kappa shape index (κ3) is 5.86. The molecule has 1 heterocycles. The SMILES string of the molecule is C[C@H](OC1CCC(Cn2ccnc2)C1c1ccc(F)cc1)c1cc(C(F)(F)F)cc(C(F)(F)F)c1. The van der Waals surface area contributed by atoms with E-state index in [4.69, 9.17) is 4.74 Å². The number of halogens is 7. The Kier molecular flexibility index (Phi) is 6.95. The van der Waals surface area contributed by atoms with Crippen LogP contribution in [0.2, 0.25) is 0 Å². The molecule has 0 amide bonds. The molecule has 1 fully saturated rings. The Hall–Kier alpha value is -2.88. The summed E-state index contributed by atoms with van der Waals surface area (Å²) in [6, 6.07) is 7.43. The quantitative estimate of drug-likeness (QED) is 0.330. The van der Waals surface area contributed by atoms with Gasteiger partial charge in [0.05, 0.1) is 29.7 Å². The minimum absolute atomic E-state index is 0.0547. The maximum absolute atomic E-state index is 13.5. The molecule has 4 rings (SSSR count). The van der Waals surface area contributed by atoms with Gasteiger partial charge in [0.25, 0.3) is 0 Å². The first-order valence-electron chi connectivity index (χ1n) is 11.1. The Labute approximate surface area is 197 Å². The second-order valence-electron chi connectivity index (χ2n) is 8.83. The van der Waals surface area contributed by atoms with Gasteiger partial charge in [-0.05, 0) is 67.1 Å². The smallest absolute Gasteiger partial charge is 0.370 e. The molecule has 3 nitrogen and oxygen atoms in total. The highest BCUT2D eigenvalue weighted by Gasteiger charge is 2.40. The van der Waals surface area contributed by atoms with Crippen LogP contribution in [0.5, 0.6) is 0 Å². The van der Waals surface area contributed by atoms with Crippen molar-refractivity contribution in [3.63, 3.8) is 0 Å². The lowest BCUT2D eigenvalue weighted by Crippen LogP contribution is -2.24. The zero-order valence-electron chi connectivity index (χ0n) is 18.7. The first-order chi connectivity index (χ1) is 16.4. The van der Waals surface area contributed by atoms with Crippen molar-refractivity contribution in [2.45, 2.75) is 56.8 Å². The molecule has 10 heteroatoms. The van der Waals surface area contributed by atoms with Gasteiger partial charge < -0.3 is 9.30 Å². The zero-order chi connectivity index (χ0) is 25.4. The largest absolute Gasteiger partial charge is 0.416 e. The second kappa shape index (κ2) is 9.64. The first kappa shape index (κ1) is 25.2. The molecule has 3 aromatic rings. The zero-order valence-corrected chi connectivity index (χ0v) is 18.7. The van der Waals surface area contributed by atoms with E-state index in [0.29, 0.717) is 31.5 Å². The lowest BCUT2D eigenvalue weighted by Gasteiger charge is -2.29. The lowest BCUT2D eigenvalue weighted by molar-refractivity contribution is -0.143. The number of imidazole rings is 1. The standard InChI is InChI=1S/C25H23F7N2O/c1-15(18-10-19(24(27,28)29)12-20(11-18)25(30,31)32)35-22-7-4-17(13-34-9-8-33-14-34)23(22)16-2-5-21(26)6-3-16/h2-3,5-6,8-12,14-15,17,22-23H,4,7,13H2,1H3/t15-,17?,22?,23?/m0/s1. The van der Waals surface area contributed by atoms with Gasteiger partial charge in [-0.3, -0.25) is 0 Å². The molecule has 0 N–H and O–H groups in total. The van der Waals surface area contributed by atoms with E-state index in [9.17, 15) is 30.7 Å². The van der Waals surface area contributed by atoms with Crippen LogP contribution in [0, 0.1) is 11.7 Å². The molecular formula is C25H23F7N2O. The molecule has 0 spiro atoms. The summed E-state index contributed by atoms with van der Waals surface area (Å²) in [6.07, 6.45) is -4.99. The van der Waals surface area contributed by atoms with Crippen LogP contribution in [0.4, 0.5) is 30.7 Å². The summed E-state index contributed by atoms with van der Waals surface area (Å²) in [6.45, 7) is 2.04. The van der Waals surface area contributed by atoms with Crippen molar-refractivity contribution in [1.82, 2.24) is 9.55 Å². The maximum Gasteiger partial charge on any atom is 0.416 e. The molecule has 35 heavy (non-hydrogen) atoms. The van der Waals surface area contributed by atoms with E-state index < -0.39 is 41.5 Å². The summed E-state index contributed by atoms with van der Waals surface area (Å²) in [5.41, 5.74) is -2.16. The Morgan fingerprint density at radius 2 is 1.60 bits per heavy atom. The lowest BCUT2D eigenvalue weighted by atomic mass is 9.87. The van der Waals surface area contributed by atoms with Gasteiger partial charge in [-0.1, -0.05) is 12.1 Å². The van der Waals surface area contributed by atoms with Gasteiger partial charge in [-0.15, -0.1) is 0 Å². The van der Waals surface area contributed by atoms with Crippen LogP contribution in [0.25, 0.3) is 0 Å². The summed E-state index contributed by atoms with van der Waals surface area (Å²) < 4.78 is 101. The van der Waals surface area contributed by atoms with Crippen molar-refractivity contribution in [3.8, 4) is 0 Å². The highest BCUT2D eigenvalue weighted by Crippen LogP contribution is 2.45. The van der Waals surface area contributed by atoms with Gasteiger partial charge >= 0.3 is 12.4 Å². The van der Waals surface area contributed by atoms with E-state index >= 15 is 0 Å². The van der Waals surface area contributed by atoms with Crippen molar-refractivity contribution in [3.05, 3.63) is 89.3 Å². The summed E-state index contributed by atoms with van der Waals surface area (Å²) in [5, 5.41) is 0. The van der Waals surface area contributed by atoms with Gasteiger partial charge in [0.2, 0.25) is 0 Å². The molecule has 4 atom stereocenters. The highest BCUT2D eigenvalue weighted by atomic mass is 19.4. The minimum atomic E-state index is -4.93. The number of nitrogens with zero attached hydrogens (tertiary/aromatic N) is 2. The third-order valence-electron chi connectivity index (χ3n) is 6.45. The van der Waals surface area contributed by atoms with Crippen LogP contribution in [-0.4, -0.2) is 15.7 Å². The highest BCUT2D eigenvalue weighted by molar-refractivity contribution is 5.35. The van der Waals surface area contributed by atoms with Gasteiger partial charge in [0.15, 0.2) is 0 Å². The van der Waals surface area contributed by atoms with E-state index in [0.717, 1.165) is 5.56 Å². The molecule has 1 aliphatic carbocycles. The number of ether oxygens (including phenoxy) is 1. The van der Waals surface area contributed by atoms with Gasteiger partial charge in [-0.2, -0.15) is 26.3 Å². The normalized spacial score (nSPS) is 21.9. The van der Waals surface area contributed by atoms with E-state index in [-0.39, 0.29) is 23.5 Å². The van der Waals surface area contributed by atoms with Crippen LogP contribution in [-0.2, 0) is 23.6 Å². The summed E-state index contributed by atoms with van der Waals surface area (Å²) >= 11 is 0. The van der Waals surface area contributed by atoms with E-state index in [1.807, 2.05) is 4.57 Å². The van der Waals surface area contributed by atoms with Crippen LogP contribution >= 0.6 is 0 Å². The Balaban J connectivity index is 1.63. The number of benzene rings is 2. The number of hydrogen-bond acceptors (Lipinski definition) is 2. The monoisotopic (exact) mass is 500 g/mol. The summed E-state index contributed by atoms with van der Waals surface area (Å²) in [5.74, 6) is -0.583. The molecule has 0 radical (unpaired) electrons. The average Bonchev–Trinajstić information content (AvgIpc) is 3.43. The molecular weight excluding hydrogens is 477 g/mol. The van der Waals surface area contributed by atoms with E-state index in [1.165, 1.54) is 19.1 Å². The number of aromatic nitrogens is 2. The molecule has 0 aliphatic heterocycles.